The molecule has 2 aromatic rings. The highest BCUT2D eigenvalue weighted by Gasteiger charge is 2.37. The van der Waals surface area contributed by atoms with Crippen molar-refractivity contribution in [3.8, 4) is 5.75 Å². The van der Waals surface area contributed by atoms with E-state index in [1.807, 2.05) is 57.2 Å². The number of imide groups is 1. The molecule has 2 amide bonds. The van der Waals surface area contributed by atoms with Crippen LogP contribution < -0.4 is 14.5 Å². The number of rotatable bonds is 9. The molecule has 0 unspecified atom stereocenters. The minimum Gasteiger partial charge on any atom is -0.494 e. The third-order valence-corrected chi connectivity index (χ3v) is 8.41. The van der Waals surface area contributed by atoms with Crippen LogP contribution in [-0.4, -0.2) is 56.0 Å². The van der Waals surface area contributed by atoms with Gasteiger partial charge in [-0.1, -0.05) is 56.1 Å². The molecule has 2 aromatic carbocycles. The number of unbranched alkanes of at least 4 members (excludes halogenated alkanes) is 1. The van der Waals surface area contributed by atoms with E-state index in [4.69, 9.17) is 27.9 Å². The molecule has 0 saturated carbocycles. The number of hydrogen-bond donors (Lipinski definition) is 0. The molecule has 0 spiro atoms. The molecule has 0 aromatic heterocycles. The first kappa shape index (κ1) is 27.7. The van der Waals surface area contributed by atoms with Gasteiger partial charge in [-0.2, -0.15) is 0 Å². The van der Waals surface area contributed by atoms with Crippen LogP contribution in [-0.2, 0) is 16.0 Å². The molecule has 200 valence electrons. The Balaban J connectivity index is 1.25. The summed E-state index contributed by atoms with van der Waals surface area (Å²) in [4.78, 5) is 32.0. The summed E-state index contributed by atoms with van der Waals surface area (Å²) in [6, 6.07) is 11.6. The van der Waals surface area contributed by atoms with Gasteiger partial charge in [-0.25, -0.2) is 4.90 Å². The highest BCUT2D eigenvalue weighted by atomic mass is 35.5. The molecule has 4 rings (SSSR count). The molecule has 0 N–H and O–H groups in total. The second-order valence-electron chi connectivity index (χ2n) is 10.5. The van der Waals surface area contributed by atoms with Gasteiger partial charge < -0.3 is 9.64 Å². The molecular formula is C29H37Cl2N3O3. The zero-order valence-corrected chi connectivity index (χ0v) is 23.6. The van der Waals surface area contributed by atoms with E-state index < -0.39 is 5.41 Å². The van der Waals surface area contributed by atoms with Crippen molar-refractivity contribution in [3.63, 3.8) is 0 Å². The minimum atomic E-state index is -0.590. The summed E-state index contributed by atoms with van der Waals surface area (Å²) < 4.78 is 6.03. The molecule has 6 nitrogen and oxygen atoms in total. The number of halogens is 2. The van der Waals surface area contributed by atoms with Crippen molar-refractivity contribution >= 4 is 46.4 Å². The van der Waals surface area contributed by atoms with Crippen LogP contribution >= 0.6 is 23.2 Å². The number of carbonyl (C=O) groups is 2. The minimum absolute atomic E-state index is 0.131. The number of ether oxygens (including phenoxy) is 1. The number of benzene rings is 2. The molecule has 1 saturated heterocycles. The largest absolute Gasteiger partial charge is 0.494 e. The van der Waals surface area contributed by atoms with Gasteiger partial charge in [0.1, 0.15) is 5.75 Å². The molecule has 0 radical (unpaired) electrons. The Labute approximate surface area is 230 Å². The summed E-state index contributed by atoms with van der Waals surface area (Å²) in [6.07, 6.45) is 3.66. The average Bonchev–Trinajstić information content (AvgIpc) is 2.90. The Hall–Kier alpha value is -2.28. The summed E-state index contributed by atoms with van der Waals surface area (Å²) in [5.41, 5.74) is 2.11. The van der Waals surface area contributed by atoms with Gasteiger partial charge in [-0.3, -0.25) is 14.5 Å². The molecule has 1 fully saturated rings. The van der Waals surface area contributed by atoms with Gasteiger partial charge in [0.25, 0.3) is 0 Å². The van der Waals surface area contributed by atoms with Gasteiger partial charge in [0.2, 0.25) is 11.8 Å². The monoisotopic (exact) mass is 545 g/mol. The predicted octanol–water partition coefficient (Wildman–Crippen LogP) is 6.22. The van der Waals surface area contributed by atoms with Crippen molar-refractivity contribution in [1.29, 1.82) is 0 Å². The van der Waals surface area contributed by atoms with Crippen molar-refractivity contribution in [3.05, 3.63) is 52.0 Å². The summed E-state index contributed by atoms with van der Waals surface area (Å²) in [6.45, 7) is 11.2. The zero-order chi connectivity index (χ0) is 26.6. The topological polar surface area (TPSA) is 53.1 Å². The lowest BCUT2D eigenvalue weighted by Crippen LogP contribution is -2.46. The number of amides is 2. The fourth-order valence-electron chi connectivity index (χ4n) is 4.79. The number of hydrogen-bond acceptors (Lipinski definition) is 5. The zero-order valence-electron chi connectivity index (χ0n) is 22.1. The Morgan fingerprint density at radius 2 is 1.76 bits per heavy atom. The molecule has 0 aliphatic carbocycles. The highest BCUT2D eigenvalue weighted by Crippen LogP contribution is 2.36. The van der Waals surface area contributed by atoms with Crippen LogP contribution in [0.5, 0.6) is 5.75 Å². The number of aryl methyl sites for hydroxylation is 1. The quantitative estimate of drug-likeness (QED) is 0.350. The van der Waals surface area contributed by atoms with Crippen LogP contribution in [0.15, 0.2) is 36.4 Å². The summed E-state index contributed by atoms with van der Waals surface area (Å²) in [5.74, 6) is 0.428. The van der Waals surface area contributed by atoms with Gasteiger partial charge in [0, 0.05) is 44.1 Å². The molecular weight excluding hydrogens is 509 g/mol. The summed E-state index contributed by atoms with van der Waals surface area (Å²) in [7, 11) is 0. The molecule has 8 heteroatoms. The summed E-state index contributed by atoms with van der Waals surface area (Å²) >= 11 is 12.6. The molecule has 2 heterocycles. The standard InChI is InChI=1S/C29H37Cl2N3O3/c1-4-29(2,3)28(36)34-25-20-22(12-10-21(25)11-13-26(34)35)37-19-6-5-14-32-15-17-33(18-16-32)24-9-7-8-23(30)27(24)31/h7-10,12,20H,4-6,11,13-19H2,1-3H3. The lowest BCUT2D eigenvalue weighted by molar-refractivity contribution is -0.132. The maximum atomic E-state index is 13.2. The first-order valence-electron chi connectivity index (χ1n) is 13.3. The van der Waals surface area contributed by atoms with E-state index in [0.29, 0.717) is 47.4 Å². The normalized spacial score (nSPS) is 16.6. The number of fused-ring (bicyclic) bond motifs is 1. The fraction of sp³-hybridized carbons (Fsp3) is 0.517. The van der Waals surface area contributed by atoms with Crippen LogP contribution in [0.3, 0.4) is 0 Å². The molecule has 37 heavy (non-hydrogen) atoms. The molecule has 0 bridgehead atoms. The van der Waals surface area contributed by atoms with E-state index in [-0.39, 0.29) is 11.8 Å². The number of anilines is 2. The van der Waals surface area contributed by atoms with E-state index >= 15 is 0 Å². The maximum Gasteiger partial charge on any atom is 0.239 e. The number of piperazine rings is 1. The first-order chi connectivity index (χ1) is 17.7. The smallest absolute Gasteiger partial charge is 0.239 e. The molecule has 2 aliphatic rings. The van der Waals surface area contributed by atoms with E-state index in [1.54, 1.807) is 0 Å². The van der Waals surface area contributed by atoms with Crippen LogP contribution in [0.1, 0.15) is 52.0 Å². The van der Waals surface area contributed by atoms with Crippen LogP contribution in [0.2, 0.25) is 10.0 Å². The lowest BCUT2D eigenvalue weighted by Gasteiger charge is -2.36. The van der Waals surface area contributed by atoms with Gasteiger partial charge >= 0.3 is 0 Å². The van der Waals surface area contributed by atoms with Crippen LogP contribution in [0, 0.1) is 5.41 Å². The van der Waals surface area contributed by atoms with E-state index in [1.165, 1.54) is 4.90 Å². The third-order valence-electron chi connectivity index (χ3n) is 7.60. The summed E-state index contributed by atoms with van der Waals surface area (Å²) in [5, 5.41) is 1.22. The van der Waals surface area contributed by atoms with E-state index in [0.717, 1.165) is 56.8 Å². The van der Waals surface area contributed by atoms with Gasteiger partial charge in [-0.05, 0) is 56.0 Å². The van der Waals surface area contributed by atoms with Crippen LogP contribution in [0.25, 0.3) is 0 Å². The Kier molecular flexibility index (Phi) is 9.04. The lowest BCUT2D eigenvalue weighted by atomic mass is 9.87. The third kappa shape index (κ3) is 6.42. The number of carbonyl (C=O) groups excluding carboxylic acids is 2. The molecule has 2 aliphatic heterocycles. The van der Waals surface area contributed by atoms with Crippen molar-refractivity contribution in [2.45, 2.75) is 52.9 Å². The van der Waals surface area contributed by atoms with Gasteiger partial charge in [0.05, 0.1) is 28.0 Å². The Morgan fingerprint density at radius 3 is 2.49 bits per heavy atom. The van der Waals surface area contributed by atoms with Crippen molar-refractivity contribution in [1.82, 2.24) is 4.90 Å². The Morgan fingerprint density at radius 1 is 1.00 bits per heavy atom. The van der Waals surface area contributed by atoms with E-state index in [9.17, 15) is 9.59 Å². The van der Waals surface area contributed by atoms with Crippen molar-refractivity contribution in [2.75, 3.05) is 49.1 Å². The first-order valence-corrected chi connectivity index (χ1v) is 14.0. The SMILES string of the molecule is CCC(C)(C)C(=O)N1C(=O)CCc2ccc(OCCCCN3CCN(c4cccc(Cl)c4Cl)CC3)cc21. The van der Waals surface area contributed by atoms with E-state index in [2.05, 4.69) is 9.80 Å². The fourth-order valence-corrected chi connectivity index (χ4v) is 5.21. The van der Waals surface area contributed by atoms with Crippen molar-refractivity contribution in [2.24, 2.45) is 5.41 Å². The number of nitrogens with zero attached hydrogens (tertiary/aromatic N) is 3. The second kappa shape index (κ2) is 12.1. The van der Waals surface area contributed by atoms with Crippen molar-refractivity contribution < 1.29 is 14.3 Å². The average molecular weight is 547 g/mol. The Bertz CT molecular complexity index is 1130. The predicted molar refractivity (Wildman–Crippen MR) is 151 cm³/mol. The highest BCUT2D eigenvalue weighted by molar-refractivity contribution is 6.43. The van der Waals surface area contributed by atoms with Gasteiger partial charge in [0.15, 0.2) is 0 Å². The van der Waals surface area contributed by atoms with Crippen LogP contribution in [0.4, 0.5) is 11.4 Å². The maximum absolute atomic E-state index is 13.2. The molecule has 0 atom stereocenters. The second-order valence-corrected chi connectivity index (χ2v) is 11.3. The van der Waals surface area contributed by atoms with Gasteiger partial charge in [-0.15, -0.1) is 0 Å².